The Morgan fingerprint density at radius 1 is 1.16 bits per heavy atom. The number of methoxy groups -OCH3 is 1. The molecule has 0 radical (unpaired) electrons. The molecule has 2 atom stereocenters. The fourth-order valence-corrected chi connectivity index (χ4v) is 5.17. The molecule has 6 nitrogen and oxygen atoms in total. The lowest BCUT2D eigenvalue weighted by Crippen LogP contribution is -2.32. The number of aryl methyl sites for hydroxylation is 1. The molecule has 0 fully saturated rings. The molecule has 0 aromatic heterocycles. The molecule has 0 bridgehead atoms. The van der Waals surface area contributed by atoms with Crippen molar-refractivity contribution in [1.82, 2.24) is 5.32 Å². The quantitative estimate of drug-likeness (QED) is 0.194. The van der Waals surface area contributed by atoms with Gasteiger partial charge < -0.3 is 20.8 Å². The Morgan fingerprint density at radius 2 is 1.95 bits per heavy atom. The first-order chi connectivity index (χ1) is 20.6. The van der Waals surface area contributed by atoms with Crippen LogP contribution in [-0.4, -0.2) is 30.5 Å². The molecule has 0 saturated carbocycles. The van der Waals surface area contributed by atoms with Crippen molar-refractivity contribution in [2.24, 2.45) is 16.8 Å². The first-order valence-corrected chi connectivity index (χ1v) is 14.7. The number of nitrogens with one attached hydrogen (secondary N) is 3. The predicted molar refractivity (Wildman–Crippen MR) is 171 cm³/mol. The van der Waals surface area contributed by atoms with Crippen LogP contribution in [0.3, 0.4) is 0 Å². The molecule has 3 N–H and O–H groups in total. The van der Waals surface area contributed by atoms with Gasteiger partial charge in [-0.1, -0.05) is 38.2 Å². The molecule has 4 rings (SSSR count). The van der Waals surface area contributed by atoms with Crippen molar-refractivity contribution < 1.29 is 18.3 Å². The van der Waals surface area contributed by atoms with Gasteiger partial charge in [-0.05, 0) is 93.0 Å². The van der Waals surface area contributed by atoms with Crippen LogP contribution in [0.15, 0.2) is 77.6 Å². The monoisotopic (exact) mass is 586 g/mol. The summed E-state index contributed by atoms with van der Waals surface area (Å²) in [5.74, 6) is -2.30. The van der Waals surface area contributed by atoms with Gasteiger partial charge in [0.2, 0.25) is 5.82 Å². The maximum Gasteiger partial charge on any atom is 0.251 e. The number of rotatable bonds is 10. The van der Waals surface area contributed by atoms with Crippen LogP contribution in [0.1, 0.15) is 67.9 Å². The number of fused-ring (bicyclic) bond motifs is 1. The number of amides is 1. The van der Waals surface area contributed by atoms with Crippen LogP contribution in [0, 0.1) is 35.8 Å². The van der Waals surface area contributed by atoms with Crippen LogP contribution in [0.2, 0.25) is 0 Å². The van der Waals surface area contributed by atoms with Gasteiger partial charge in [-0.25, -0.2) is 4.39 Å². The molecule has 1 unspecified atom stereocenters. The molecule has 2 aromatic carbocycles. The van der Waals surface area contributed by atoms with Crippen LogP contribution >= 0.6 is 0 Å². The summed E-state index contributed by atoms with van der Waals surface area (Å²) in [6.45, 7) is 7.79. The van der Waals surface area contributed by atoms with Crippen LogP contribution in [-0.2, 0) is 0 Å². The van der Waals surface area contributed by atoms with Gasteiger partial charge in [0.15, 0.2) is 11.6 Å². The first kappa shape index (κ1) is 31.6. The fourth-order valence-electron chi connectivity index (χ4n) is 5.17. The minimum Gasteiger partial charge on any atom is -0.494 e. The molecule has 1 heterocycles. The lowest BCUT2D eigenvalue weighted by molar-refractivity contribution is 0.0940. The second kappa shape index (κ2) is 14.2. The van der Waals surface area contributed by atoms with Crippen molar-refractivity contribution in [3.63, 3.8) is 0 Å². The molecular formula is C35H40F2N4O2. The largest absolute Gasteiger partial charge is 0.494 e. The van der Waals surface area contributed by atoms with Gasteiger partial charge in [-0.3, -0.25) is 9.79 Å². The Morgan fingerprint density at radius 3 is 2.67 bits per heavy atom. The van der Waals surface area contributed by atoms with E-state index in [1.54, 1.807) is 24.4 Å². The lowest BCUT2D eigenvalue weighted by Gasteiger charge is -2.21. The summed E-state index contributed by atoms with van der Waals surface area (Å²) in [4.78, 5) is 17.7. The van der Waals surface area contributed by atoms with E-state index in [1.807, 2.05) is 52.0 Å². The zero-order chi connectivity index (χ0) is 31.1. The van der Waals surface area contributed by atoms with Gasteiger partial charge in [0.25, 0.3) is 5.91 Å². The highest BCUT2D eigenvalue weighted by Crippen LogP contribution is 2.39. The van der Waals surface area contributed by atoms with Gasteiger partial charge in [-0.15, -0.1) is 0 Å². The zero-order valence-electron chi connectivity index (χ0n) is 25.4. The number of anilines is 1. The minimum absolute atomic E-state index is 0.0824. The SMILES string of the molecule is COc1ccc(C2=CN=C3/C(Nc4ccc(C(=O)N[C@H](C)C/C=C/C(=N)C(C)C)c(C)c4)=C/C/C=C\CCC23)c(F)c1F. The van der Waals surface area contributed by atoms with E-state index in [-0.39, 0.29) is 35.1 Å². The fraction of sp³-hybridized carbons (Fsp3) is 0.343. The van der Waals surface area contributed by atoms with E-state index in [0.29, 0.717) is 36.1 Å². The number of halogens is 2. The van der Waals surface area contributed by atoms with Crippen LogP contribution in [0.5, 0.6) is 5.75 Å². The van der Waals surface area contributed by atoms with Crippen molar-refractivity contribution in [1.29, 1.82) is 5.41 Å². The third-order valence-corrected chi connectivity index (χ3v) is 7.69. The van der Waals surface area contributed by atoms with E-state index >= 15 is 4.39 Å². The number of carbonyl (C=O) groups excluding carboxylic acids is 1. The third-order valence-electron chi connectivity index (χ3n) is 7.69. The number of aliphatic imine (C=N–C) groups is 1. The van der Waals surface area contributed by atoms with Crippen LogP contribution in [0.25, 0.3) is 5.57 Å². The van der Waals surface area contributed by atoms with E-state index in [2.05, 4.69) is 27.8 Å². The maximum atomic E-state index is 15.1. The summed E-state index contributed by atoms with van der Waals surface area (Å²) in [5.41, 5.74) is 5.12. The average molecular weight is 587 g/mol. The van der Waals surface area contributed by atoms with Crippen molar-refractivity contribution in [3.8, 4) is 5.75 Å². The summed E-state index contributed by atoms with van der Waals surface area (Å²) in [7, 11) is 1.31. The predicted octanol–water partition coefficient (Wildman–Crippen LogP) is 8.17. The standard InChI is InChI=1S/C35H40F2N4O2/c1-21(2)29(38)13-10-11-23(4)40-35(42)25-16-15-24(19-22(25)3)41-30-14-9-7-6-8-12-27-28(20-39-34(27)30)26-17-18-31(43-5)33(37)32(26)36/h6-7,10,13-21,23,27,38,41H,8-9,11-12H2,1-5H3,(H,40,42)/b7-6-,13-10+,30-14-,38-29?/t23-,27?/m1/s1. The Kier molecular flexibility index (Phi) is 10.5. The Hall–Kier alpha value is -4.33. The molecule has 43 heavy (non-hydrogen) atoms. The molecule has 0 saturated heterocycles. The average Bonchev–Trinajstić information content (AvgIpc) is 3.41. The molecule has 1 aliphatic heterocycles. The van der Waals surface area contributed by atoms with E-state index < -0.39 is 11.6 Å². The molecule has 2 aromatic rings. The maximum absolute atomic E-state index is 15.1. The number of benzene rings is 2. The van der Waals surface area contributed by atoms with Crippen molar-refractivity contribution in [2.45, 2.75) is 59.4 Å². The van der Waals surface area contributed by atoms with E-state index in [1.165, 1.54) is 13.2 Å². The highest BCUT2D eigenvalue weighted by atomic mass is 19.2. The molecule has 1 aliphatic carbocycles. The Bertz CT molecular complexity index is 1530. The van der Waals surface area contributed by atoms with Gasteiger partial charge >= 0.3 is 0 Å². The third kappa shape index (κ3) is 7.55. The first-order valence-electron chi connectivity index (χ1n) is 14.7. The molecular weight excluding hydrogens is 546 g/mol. The second-order valence-electron chi connectivity index (χ2n) is 11.3. The topological polar surface area (TPSA) is 86.6 Å². The highest BCUT2D eigenvalue weighted by Gasteiger charge is 2.31. The number of nitrogens with zero attached hydrogens (tertiary/aromatic N) is 1. The summed E-state index contributed by atoms with van der Waals surface area (Å²) in [6, 6.07) is 8.48. The molecule has 2 aliphatic rings. The van der Waals surface area contributed by atoms with Gasteiger partial charge in [-0.2, -0.15) is 4.39 Å². The van der Waals surface area contributed by atoms with Crippen molar-refractivity contribution >= 4 is 28.6 Å². The molecule has 1 amide bonds. The summed E-state index contributed by atoms with van der Waals surface area (Å²) >= 11 is 0. The number of allylic oxidation sites excluding steroid dienone is 6. The summed E-state index contributed by atoms with van der Waals surface area (Å²) in [5, 5.41) is 14.4. The van der Waals surface area contributed by atoms with E-state index in [9.17, 15) is 9.18 Å². The van der Waals surface area contributed by atoms with Crippen LogP contribution in [0.4, 0.5) is 14.5 Å². The van der Waals surface area contributed by atoms with E-state index in [4.69, 9.17) is 10.1 Å². The number of ether oxygens (including phenoxy) is 1. The Balaban J connectivity index is 1.49. The zero-order valence-corrected chi connectivity index (χ0v) is 25.4. The number of carbonyl (C=O) groups is 1. The number of hydrogen-bond acceptors (Lipinski definition) is 5. The van der Waals surface area contributed by atoms with Crippen molar-refractivity contribution in [3.05, 3.63) is 101 Å². The summed E-state index contributed by atoms with van der Waals surface area (Å²) < 4.78 is 34.6. The normalized spacial score (nSPS) is 19.3. The van der Waals surface area contributed by atoms with Gasteiger partial charge in [0, 0.05) is 40.7 Å². The lowest BCUT2D eigenvalue weighted by atomic mass is 9.86. The number of hydrogen-bond donors (Lipinski definition) is 3. The Labute approximate surface area is 252 Å². The second-order valence-corrected chi connectivity index (χ2v) is 11.3. The molecule has 226 valence electrons. The smallest absolute Gasteiger partial charge is 0.251 e. The summed E-state index contributed by atoms with van der Waals surface area (Å²) in [6.07, 6.45) is 14.4. The van der Waals surface area contributed by atoms with Crippen LogP contribution < -0.4 is 15.4 Å². The highest BCUT2D eigenvalue weighted by molar-refractivity contribution is 6.12. The van der Waals surface area contributed by atoms with Crippen molar-refractivity contribution in [2.75, 3.05) is 12.4 Å². The molecule has 0 spiro atoms. The van der Waals surface area contributed by atoms with E-state index in [0.717, 1.165) is 29.1 Å². The van der Waals surface area contributed by atoms with Gasteiger partial charge in [0.05, 0.1) is 18.5 Å². The van der Waals surface area contributed by atoms with Gasteiger partial charge in [0.1, 0.15) is 0 Å². The minimum atomic E-state index is -1.01. The molecule has 8 heteroatoms.